The van der Waals surface area contributed by atoms with Crippen LogP contribution in [0.4, 0.5) is 8.78 Å². The van der Waals surface area contributed by atoms with E-state index < -0.39 is 5.92 Å². The summed E-state index contributed by atoms with van der Waals surface area (Å²) in [6, 6.07) is 0.188. The monoisotopic (exact) mass is 263 g/mol. The molecule has 0 aromatic rings. The number of nitrogens with one attached hydrogen (secondary N) is 1. The Morgan fingerprint density at radius 2 is 2.06 bits per heavy atom. The Morgan fingerprint density at radius 1 is 1.39 bits per heavy atom. The molecule has 0 heterocycles. The number of halogens is 2. The lowest BCUT2D eigenvalue weighted by Crippen LogP contribution is -2.38. The minimum Gasteiger partial charge on any atom is -0.374 e. The number of ether oxygens (including phenoxy) is 1. The lowest BCUT2D eigenvalue weighted by atomic mass is 9.98. The van der Waals surface area contributed by atoms with E-state index in [-0.39, 0.29) is 30.4 Å². The summed E-state index contributed by atoms with van der Waals surface area (Å²) in [6.07, 6.45) is 1.53. The van der Waals surface area contributed by atoms with Crippen LogP contribution in [0.1, 0.15) is 53.4 Å². The molecule has 1 rings (SSSR count). The van der Waals surface area contributed by atoms with Gasteiger partial charge in [-0.3, -0.25) is 0 Å². The molecule has 0 spiro atoms. The van der Waals surface area contributed by atoms with Crippen LogP contribution in [0.3, 0.4) is 0 Å². The molecule has 1 fully saturated rings. The summed E-state index contributed by atoms with van der Waals surface area (Å²) in [7, 11) is 0. The van der Waals surface area contributed by atoms with Gasteiger partial charge in [-0.15, -0.1) is 0 Å². The second-order valence-corrected chi connectivity index (χ2v) is 6.38. The molecule has 108 valence electrons. The fourth-order valence-electron chi connectivity index (χ4n) is 2.49. The average molecular weight is 263 g/mol. The van der Waals surface area contributed by atoms with E-state index in [9.17, 15) is 8.78 Å². The summed E-state index contributed by atoms with van der Waals surface area (Å²) in [6.45, 7) is 9.52. The second-order valence-electron chi connectivity index (χ2n) is 6.38. The lowest BCUT2D eigenvalue weighted by molar-refractivity contribution is -0.0197. The van der Waals surface area contributed by atoms with Crippen molar-refractivity contribution in [3.8, 4) is 0 Å². The molecule has 0 aromatic carbocycles. The Labute approximate surface area is 109 Å². The molecule has 1 aliphatic rings. The van der Waals surface area contributed by atoms with Crippen LogP contribution in [0.2, 0.25) is 0 Å². The third-order valence-corrected chi connectivity index (χ3v) is 3.33. The SMILES string of the molecule is CCNC(COC(C)(C)C)CC1CCC(F)(F)C1. The molecular weight excluding hydrogens is 236 g/mol. The molecule has 2 unspecified atom stereocenters. The first-order valence-electron chi connectivity index (χ1n) is 6.97. The quantitative estimate of drug-likeness (QED) is 0.790. The van der Waals surface area contributed by atoms with Crippen molar-refractivity contribution in [1.29, 1.82) is 0 Å². The highest BCUT2D eigenvalue weighted by Crippen LogP contribution is 2.40. The van der Waals surface area contributed by atoms with Crippen LogP contribution in [-0.2, 0) is 4.74 Å². The maximum atomic E-state index is 13.2. The van der Waals surface area contributed by atoms with Crippen molar-refractivity contribution < 1.29 is 13.5 Å². The van der Waals surface area contributed by atoms with Gasteiger partial charge in [-0.1, -0.05) is 6.92 Å². The van der Waals surface area contributed by atoms with Crippen molar-refractivity contribution >= 4 is 0 Å². The predicted octanol–water partition coefficient (Wildman–Crippen LogP) is 3.61. The van der Waals surface area contributed by atoms with E-state index in [0.29, 0.717) is 13.0 Å². The first-order chi connectivity index (χ1) is 8.22. The molecule has 2 atom stereocenters. The second kappa shape index (κ2) is 6.29. The van der Waals surface area contributed by atoms with Crippen LogP contribution < -0.4 is 5.32 Å². The molecule has 1 aliphatic carbocycles. The fraction of sp³-hybridized carbons (Fsp3) is 1.00. The number of likely N-dealkylation sites (N-methyl/N-ethyl adjacent to an activating group) is 1. The molecule has 0 amide bonds. The first kappa shape index (κ1) is 15.8. The van der Waals surface area contributed by atoms with Gasteiger partial charge in [0.1, 0.15) is 0 Å². The maximum Gasteiger partial charge on any atom is 0.248 e. The van der Waals surface area contributed by atoms with Gasteiger partial charge < -0.3 is 10.1 Å². The predicted molar refractivity (Wildman–Crippen MR) is 70.1 cm³/mol. The molecule has 0 saturated heterocycles. The van der Waals surface area contributed by atoms with Gasteiger partial charge in [-0.25, -0.2) is 8.78 Å². The van der Waals surface area contributed by atoms with Gasteiger partial charge >= 0.3 is 0 Å². The summed E-state index contributed by atoms with van der Waals surface area (Å²) in [4.78, 5) is 0. The zero-order valence-electron chi connectivity index (χ0n) is 12.1. The molecular formula is C14H27F2NO. The molecule has 0 aromatic heterocycles. The van der Waals surface area contributed by atoms with Crippen molar-refractivity contribution in [2.24, 2.45) is 5.92 Å². The molecule has 2 nitrogen and oxygen atoms in total. The van der Waals surface area contributed by atoms with Crippen molar-refractivity contribution in [3.05, 3.63) is 0 Å². The molecule has 0 aliphatic heterocycles. The van der Waals surface area contributed by atoms with E-state index in [1.807, 2.05) is 27.7 Å². The van der Waals surface area contributed by atoms with Crippen molar-refractivity contribution in [2.45, 2.75) is 70.9 Å². The third kappa shape index (κ3) is 6.10. The maximum absolute atomic E-state index is 13.2. The van der Waals surface area contributed by atoms with Gasteiger partial charge in [0.15, 0.2) is 0 Å². The largest absolute Gasteiger partial charge is 0.374 e. The molecule has 18 heavy (non-hydrogen) atoms. The molecule has 0 radical (unpaired) electrons. The van der Waals surface area contributed by atoms with Crippen LogP contribution in [-0.4, -0.2) is 30.7 Å². The van der Waals surface area contributed by atoms with Crippen LogP contribution in [0, 0.1) is 5.92 Å². The highest BCUT2D eigenvalue weighted by Gasteiger charge is 2.39. The van der Waals surface area contributed by atoms with Crippen LogP contribution >= 0.6 is 0 Å². The van der Waals surface area contributed by atoms with Crippen molar-refractivity contribution in [2.75, 3.05) is 13.2 Å². The Hall–Kier alpha value is -0.220. The van der Waals surface area contributed by atoms with E-state index in [1.54, 1.807) is 0 Å². The molecule has 4 heteroatoms. The van der Waals surface area contributed by atoms with Crippen LogP contribution in [0.5, 0.6) is 0 Å². The van der Waals surface area contributed by atoms with Crippen LogP contribution in [0.15, 0.2) is 0 Å². The van der Waals surface area contributed by atoms with Gasteiger partial charge in [0.25, 0.3) is 0 Å². The highest BCUT2D eigenvalue weighted by atomic mass is 19.3. The molecule has 1 saturated carbocycles. The van der Waals surface area contributed by atoms with Gasteiger partial charge in [-0.05, 0) is 46.1 Å². The van der Waals surface area contributed by atoms with Crippen molar-refractivity contribution in [1.82, 2.24) is 5.32 Å². The minimum absolute atomic E-state index is 0.0460. The van der Waals surface area contributed by atoms with E-state index in [0.717, 1.165) is 13.0 Å². The Bertz CT molecular complexity index is 251. The van der Waals surface area contributed by atoms with Gasteiger partial charge in [-0.2, -0.15) is 0 Å². The van der Waals surface area contributed by atoms with Gasteiger partial charge in [0, 0.05) is 18.9 Å². The normalized spacial score (nSPS) is 25.3. The zero-order valence-corrected chi connectivity index (χ0v) is 12.1. The number of alkyl halides is 2. The van der Waals surface area contributed by atoms with Gasteiger partial charge in [0.05, 0.1) is 12.2 Å². The minimum atomic E-state index is -2.44. The first-order valence-corrected chi connectivity index (χ1v) is 6.97. The molecule has 0 bridgehead atoms. The van der Waals surface area contributed by atoms with E-state index >= 15 is 0 Å². The lowest BCUT2D eigenvalue weighted by Gasteiger charge is -2.26. The number of hydrogen-bond donors (Lipinski definition) is 1. The van der Waals surface area contributed by atoms with Gasteiger partial charge in [0.2, 0.25) is 5.92 Å². The fourth-order valence-corrected chi connectivity index (χ4v) is 2.49. The number of rotatable bonds is 6. The van der Waals surface area contributed by atoms with E-state index in [4.69, 9.17) is 4.74 Å². The summed E-state index contributed by atoms with van der Waals surface area (Å²) >= 11 is 0. The highest BCUT2D eigenvalue weighted by molar-refractivity contribution is 4.84. The Balaban J connectivity index is 2.38. The zero-order chi connectivity index (χ0) is 13.8. The Kier molecular flexibility index (Phi) is 5.53. The summed E-state index contributed by atoms with van der Waals surface area (Å²) < 4.78 is 32.1. The van der Waals surface area contributed by atoms with E-state index in [2.05, 4.69) is 5.32 Å². The smallest absolute Gasteiger partial charge is 0.248 e. The number of hydrogen-bond acceptors (Lipinski definition) is 2. The summed E-state index contributed by atoms with van der Waals surface area (Å²) in [5, 5.41) is 3.34. The molecule has 1 N–H and O–H groups in total. The average Bonchev–Trinajstić information content (AvgIpc) is 2.54. The van der Waals surface area contributed by atoms with Crippen LogP contribution in [0.25, 0.3) is 0 Å². The summed E-state index contributed by atoms with van der Waals surface area (Å²) in [5.74, 6) is -2.31. The Morgan fingerprint density at radius 3 is 2.50 bits per heavy atom. The third-order valence-electron chi connectivity index (χ3n) is 3.33. The standard InChI is InChI=1S/C14H27F2NO/c1-5-17-12(10-18-13(2,3)4)8-11-6-7-14(15,16)9-11/h11-12,17H,5-10H2,1-4H3. The topological polar surface area (TPSA) is 21.3 Å². The van der Waals surface area contributed by atoms with Crippen molar-refractivity contribution in [3.63, 3.8) is 0 Å². The summed E-state index contributed by atoms with van der Waals surface area (Å²) in [5.41, 5.74) is -0.173. The van der Waals surface area contributed by atoms with E-state index in [1.165, 1.54) is 0 Å².